The predicted molar refractivity (Wildman–Crippen MR) is 77.1 cm³/mol. The van der Waals surface area contributed by atoms with Crippen molar-refractivity contribution >= 4 is 10.9 Å². The molecule has 114 valence electrons. The van der Waals surface area contributed by atoms with Gasteiger partial charge in [-0.25, -0.2) is 0 Å². The van der Waals surface area contributed by atoms with Gasteiger partial charge < -0.3 is 9.88 Å². The topological polar surface area (TPSA) is 17.0 Å². The molecular weight excluding hydrogens is 277 g/mol. The summed E-state index contributed by atoms with van der Waals surface area (Å²) in [5.74, 6) is 0. The van der Waals surface area contributed by atoms with E-state index in [9.17, 15) is 13.2 Å². The van der Waals surface area contributed by atoms with Crippen molar-refractivity contribution in [2.24, 2.45) is 0 Å². The molecule has 0 radical (unpaired) electrons. The molecule has 1 heterocycles. The van der Waals surface area contributed by atoms with Gasteiger partial charge in [0.05, 0.1) is 0 Å². The van der Waals surface area contributed by atoms with Crippen molar-refractivity contribution in [3.05, 3.63) is 36.0 Å². The Labute approximate surface area is 121 Å². The van der Waals surface area contributed by atoms with Gasteiger partial charge in [0.2, 0.25) is 0 Å². The third kappa shape index (κ3) is 4.00. The van der Waals surface area contributed by atoms with Crippen LogP contribution in [0.3, 0.4) is 0 Å². The smallest absolute Gasteiger partial charge is 0.347 e. The summed E-state index contributed by atoms with van der Waals surface area (Å²) in [6.07, 6.45) is -0.270. The molecule has 1 aliphatic rings. The van der Waals surface area contributed by atoms with Crippen molar-refractivity contribution in [1.29, 1.82) is 0 Å². The Morgan fingerprint density at radius 2 is 2.00 bits per heavy atom. The second-order valence-electron chi connectivity index (χ2n) is 5.78. The van der Waals surface area contributed by atoms with Crippen LogP contribution in [0.2, 0.25) is 0 Å². The Morgan fingerprint density at radius 3 is 2.71 bits per heavy atom. The molecule has 0 saturated heterocycles. The van der Waals surface area contributed by atoms with Crippen molar-refractivity contribution in [3.8, 4) is 0 Å². The number of benzene rings is 1. The summed E-state index contributed by atoms with van der Waals surface area (Å²) in [6, 6.07) is 8.83. The van der Waals surface area contributed by atoms with Gasteiger partial charge in [0.25, 0.3) is 0 Å². The summed E-state index contributed by atoms with van der Waals surface area (Å²) in [5, 5.41) is 4.56. The minimum absolute atomic E-state index is 0.123. The van der Waals surface area contributed by atoms with E-state index in [1.807, 2.05) is 22.9 Å². The molecule has 1 aromatic heterocycles. The van der Waals surface area contributed by atoms with Crippen molar-refractivity contribution in [2.75, 3.05) is 0 Å². The van der Waals surface area contributed by atoms with Gasteiger partial charge in [0.15, 0.2) is 0 Å². The van der Waals surface area contributed by atoms with Crippen molar-refractivity contribution in [1.82, 2.24) is 9.88 Å². The molecule has 3 rings (SSSR count). The summed E-state index contributed by atoms with van der Waals surface area (Å²) in [7, 11) is 0. The second kappa shape index (κ2) is 5.72. The third-order valence-electron chi connectivity index (χ3n) is 3.87. The zero-order valence-electron chi connectivity index (χ0n) is 11.8. The number of nitrogens with one attached hydrogen (secondary N) is 1. The molecule has 0 bridgehead atoms. The van der Waals surface area contributed by atoms with Crippen LogP contribution in [0.5, 0.6) is 0 Å². The lowest BCUT2D eigenvalue weighted by Crippen LogP contribution is -2.15. The molecule has 2 aromatic rings. The molecule has 1 saturated carbocycles. The summed E-state index contributed by atoms with van der Waals surface area (Å²) in [5.41, 5.74) is 2.23. The minimum Gasteiger partial charge on any atom is -0.347 e. The van der Waals surface area contributed by atoms with E-state index in [-0.39, 0.29) is 6.42 Å². The second-order valence-corrected chi connectivity index (χ2v) is 5.78. The predicted octanol–water partition coefficient (Wildman–Crippen LogP) is 4.24. The Kier molecular flexibility index (Phi) is 3.93. The molecule has 1 aromatic carbocycles. The van der Waals surface area contributed by atoms with E-state index in [0.29, 0.717) is 12.6 Å². The molecule has 2 nitrogen and oxygen atoms in total. The lowest BCUT2D eigenvalue weighted by molar-refractivity contribution is -0.135. The van der Waals surface area contributed by atoms with Crippen LogP contribution in [0.25, 0.3) is 10.9 Å². The SMILES string of the molecule is FC(F)(F)CCCn1ccc2cc(CNC3CC3)ccc21. The average Bonchev–Trinajstić information content (AvgIpc) is 3.17. The molecule has 21 heavy (non-hydrogen) atoms. The molecule has 0 amide bonds. The normalized spacial score (nSPS) is 15.8. The lowest BCUT2D eigenvalue weighted by atomic mass is 10.1. The van der Waals surface area contributed by atoms with Crippen molar-refractivity contribution < 1.29 is 13.2 Å². The van der Waals surface area contributed by atoms with Gasteiger partial charge in [0.1, 0.15) is 0 Å². The number of nitrogens with zero attached hydrogens (tertiary/aromatic N) is 1. The van der Waals surface area contributed by atoms with E-state index in [1.165, 1.54) is 18.4 Å². The zero-order valence-corrected chi connectivity index (χ0v) is 11.8. The maximum atomic E-state index is 12.2. The molecule has 0 unspecified atom stereocenters. The number of aromatic nitrogens is 1. The van der Waals surface area contributed by atoms with E-state index >= 15 is 0 Å². The van der Waals surface area contributed by atoms with Gasteiger partial charge in [-0.3, -0.25) is 0 Å². The molecule has 1 N–H and O–H groups in total. The summed E-state index contributed by atoms with van der Waals surface area (Å²) < 4.78 is 38.5. The van der Waals surface area contributed by atoms with E-state index in [1.54, 1.807) is 0 Å². The van der Waals surface area contributed by atoms with Gasteiger partial charge in [-0.2, -0.15) is 13.2 Å². The Morgan fingerprint density at radius 1 is 1.19 bits per heavy atom. The van der Waals surface area contributed by atoms with Crippen LogP contribution in [0, 0.1) is 0 Å². The van der Waals surface area contributed by atoms with Crippen LogP contribution in [-0.2, 0) is 13.1 Å². The summed E-state index contributed by atoms with van der Waals surface area (Å²) in [6.45, 7) is 1.27. The maximum Gasteiger partial charge on any atom is 0.389 e. The number of alkyl halides is 3. The minimum atomic E-state index is -4.06. The fraction of sp³-hybridized carbons (Fsp3) is 0.500. The molecule has 1 fully saturated rings. The van der Waals surface area contributed by atoms with Crippen LogP contribution >= 0.6 is 0 Å². The standard InChI is InChI=1S/C16H19F3N2/c17-16(18,19)7-1-8-21-9-6-13-10-12(2-5-15(13)21)11-20-14-3-4-14/h2,5-6,9-10,14,20H,1,3-4,7-8,11H2. The number of hydrogen-bond acceptors (Lipinski definition) is 1. The van der Waals surface area contributed by atoms with Crippen LogP contribution in [0.4, 0.5) is 13.2 Å². The van der Waals surface area contributed by atoms with E-state index in [4.69, 9.17) is 0 Å². The first-order valence-corrected chi connectivity index (χ1v) is 7.39. The number of hydrogen-bond donors (Lipinski definition) is 1. The van der Waals surface area contributed by atoms with Crippen LogP contribution in [-0.4, -0.2) is 16.8 Å². The fourth-order valence-corrected chi connectivity index (χ4v) is 2.55. The molecule has 0 atom stereocenters. The van der Waals surface area contributed by atoms with Crippen molar-refractivity contribution in [2.45, 2.75) is 51.0 Å². The lowest BCUT2D eigenvalue weighted by Gasteiger charge is -2.09. The maximum absolute atomic E-state index is 12.2. The van der Waals surface area contributed by atoms with Crippen LogP contribution in [0.1, 0.15) is 31.2 Å². The molecule has 0 aliphatic heterocycles. The molecule has 0 spiro atoms. The monoisotopic (exact) mass is 296 g/mol. The van der Waals surface area contributed by atoms with Gasteiger partial charge in [-0.15, -0.1) is 0 Å². The first kappa shape index (κ1) is 14.4. The van der Waals surface area contributed by atoms with E-state index in [2.05, 4.69) is 17.4 Å². The quantitative estimate of drug-likeness (QED) is 0.844. The van der Waals surface area contributed by atoms with Crippen molar-refractivity contribution in [3.63, 3.8) is 0 Å². The van der Waals surface area contributed by atoms with Gasteiger partial charge >= 0.3 is 6.18 Å². The number of fused-ring (bicyclic) bond motifs is 1. The Bertz CT molecular complexity index is 611. The highest BCUT2D eigenvalue weighted by Crippen LogP contribution is 2.24. The van der Waals surface area contributed by atoms with E-state index < -0.39 is 12.6 Å². The highest BCUT2D eigenvalue weighted by molar-refractivity contribution is 5.80. The fourth-order valence-electron chi connectivity index (χ4n) is 2.55. The summed E-state index contributed by atoms with van der Waals surface area (Å²) >= 11 is 0. The largest absolute Gasteiger partial charge is 0.389 e. The number of halogens is 3. The highest BCUT2D eigenvalue weighted by atomic mass is 19.4. The first-order chi connectivity index (χ1) is 10.0. The molecule has 1 aliphatic carbocycles. The zero-order chi connectivity index (χ0) is 14.9. The van der Waals surface area contributed by atoms with Gasteiger partial charge in [-0.05, 0) is 48.4 Å². The van der Waals surface area contributed by atoms with Gasteiger partial charge in [-0.1, -0.05) is 6.07 Å². The molecule has 5 heteroatoms. The van der Waals surface area contributed by atoms with Gasteiger partial charge in [0, 0.05) is 37.3 Å². The Balaban J connectivity index is 1.64. The average molecular weight is 296 g/mol. The highest BCUT2D eigenvalue weighted by Gasteiger charge is 2.26. The first-order valence-electron chi connectivity index (χ1n) is 7.39. The Hall–Kier alpha value is -1.49. The van der Waals surface area contributed by atoms with Crippen LogP contribution < -0.4 is 5.32 Å². The molecular formula is C16H19F3N2. The third-order valence-corrected chi connectivity index (χ3v) is 3.87. The summed E-state index contributed by atoms with van der Waals surface area (Å²) in [4.78, 5) is 0. The van der Waals surface area contributed by atoms with E-state index in [0.717, 1.165) is 17.4 Å². The number of aryl methyl sites for hydroxylation is 1. The number of rotatable bonds is 6. The van der Waals surface area contributed by atoms with Crippen LogP contribution in [0.15, 0.2) is 30.5 Å².